The lowest BCUT2D eigenvalue weighted by molar-refractivity contribution is -0.388. The van der Waals surface area contributed by atoms with Crippen LogP contribution >= 0.6 is 0 Å². The van der Waals surface area contributed by atoms with Gasteiger partial charge in [-0.15, -0.1) is 0 Å². The van der Waals surface area contributed by atoms with Crippen molar-refractivity contribution in [3.63, 3.8) is 0 Å². The highest BCUT2D eigenvalue weighted by atomic mass is 19.4. The third-order valence-electron chi connectivity index (χ3n) is 2.70. The second kappa shape index (κ2) is 5.78. The number of aromatic nitrogens is 1. The Morgan fingerprint density at radius 2 is 2.00 bits per heavy atom. The van der Waals surface area contributed by atoms with E-state index in [1.807, 2.05) is 0 Å². The van der Waals surface area contributed by atoms with Crippen molar-refractivity contribution in [2.45, 2.75) is 12.7 Å². The van der Waals surface area contributed by atoms with E-state index in [4.69, 9.17) is 0 Å². The highest BCUT2D eigenvalue weighted by Gasteiger charge is 2.30. The van der Waals surface area contributed by atoms with Gasteiger partial charge in [0.1, 0.15) is 11.9 Å². The maximum Gasteiger partial charge on any atom is 0.416 e. The van der Waals surface area contributed by atoms with E-state index in [1.165, 1.54) is 30.5 Å². The summed E-state index contributed by atoms with van der Waals surface area (Å²) in [6.45, 7) is 0.0243. The second-order valence-electron chi connectivity index (χ2n) is 4.18. The van der Waals surface area contributed by atoms with E-state index in [1.54, 1.807) is 0 Å². The van der Waals surface area contributed by atoms with Crippen LogP contribution in [0, 0.1) is 10.1 Å². The van der Waals surface area contributed by atoms with Crippen LogP contribution in [0.5, 0.6) is 0 Å². The Morgan fingerprint density at radius 1 is 1.24 bits per heavy atom. The molecule has 0 saturated carbocycles. The lowest BCUT2D eigenvalue weighted by Crippen LogP contribution is -2.07. The van der Waals surface area contributed by atoms with E-state index in [0.29, 0.717) is 5.56 Å². The molecule has 0 aliphatic heterocycles. The molecule has 0 radical (unpaired) electrons. The summed E-state index contributed by atoms with van der Waals surface area (Å²) in [5.41, 5.74) is -0.245. The molecule has 5 nitrogen and oxygen atoms in total. The molecular weight excluding hydrogens is 287 g/mol. The molecule has 0 spiro atoms. The van der Waals surface area contributed by atoms with Crippen molar-refractivity contribution in [1.82, 2.24) is 4.98 Å². The largest absolute Gasteiger partial charge is 0.416 e. The molecule has 2 rings (SSSR count). The summed E-state index contributed by atoms with van der Waals surface area (Å²) >= 11 is 0. The van der Waals surface area contributed by atoms with Gasteiger partial charge < -0.3 is 15.4 Å². The summed E-state index contributed by atoms with van der Waals surface area (Å²) < 4.78 is 37.7. The van der Waals surface area contributed by atoms with Crippen LogP contribution in [0.3, 0.4) is 0 Å². The first-order chi connectivity index (χ1) is 9.88. The maximum atomic E-state index is 12.6. The molecule has 0 atom stereocenters. The van der Waals surface area contributed by atoms with Crippen molar-refractivity contribution < 1.29 is 18.1 Å². The van der Waals surface area contributed by atoms with Gasteiger partial charge in [-0.2, -0.15) is 13.2 Å². The van der Waals surface area contributed by atoms with Gasteiger partial charge in [-0.25, -0.2) is 0 Å². The van der Waals surface area contributed by atoms with Gasteiger partial charge in [-0.1, -0.05) is 12.1 Å². The maximum absolute atomic E-state index is 12.6. The SMILES string of the molecule is O=[N+]([O-])c1ncccc1NCc1cccc(C(F)(F)F)c1. The molecule has 21 heavy (non-hydrogen) atoms. The number of nitro groups is 1. The summed E-state index contributed by atoms with van der Waals surface area (Å²) in [6, 6.07) is 7.70. The number of hydrogen-bond donors (Lipinski definition) is 1. The van der Waals surface area contributed by atoms with Crippen molar-refractivity contribution in [3.05, 3.63) is 63.8 Å². The van der Waals surface area contributed by atoms with Gasteiger partial charge >= 0.3 is 12.0 Å². The van der Waals surface area contributed by atoms with Crippen LogP contribution in [0.2, 0.25) is 0 Å². The van der Waals surface area contributed by atoms with Gasteiger partial charge in [0.05, 0.1) is 5.56 Å². The molecule has 110 valence electrons. The van der Waals surface area contributed by atoms with E-state index in [2.05, 4.69) is 10.3 Å². The van der Waals surface area contributed by atoms with Crippen LogP contribution in [0.4, 0.5) is 24.7 Å². The summed E-state index contributed by atoms with van der Waals surface area (Å²) in [4.78, 5) is 13.7. The zero-order chi connectivity index (χ0) is 15.5. The van der Waals surface area contributed by atoms with Crippen molar-refractivity contribution in [3.8, 4) is 0 Å². The van der Waals surface area contributed by atoms with E-state index in [9.17, 15) is 23.3 Å². The lowest BCUT2D eigenvalue weighted by atomic mass is 10.1. The van der Waals surface area contributed by atoms with Crippen molar-refractivity contribution in [1.29, 1.82) is 0 Å². The predicted molar refractivity (Wildman–Crippen MR) is 69.7 cm³/mol. The average Bonchev–Trinajstić information content (AvgIpc) is 2.45. The third kappa shape index (κ3) is 3.68. The molecule has 0 aliphatic rings. The van der Waals surface area contributed by atoms with E-state index in [0.717, 1.165) is 12.1 Å². The van der Waals surface area contributed by atoms with Gasteiger partial charge in [0.25, 0.3) is 0 Å². The smallest absolute Gasteiger partial charge is 0.374 e. The van der Waals surface area contributed by atoms with Gasteiger partial charge in [0, 0.05) is 6.54 Å². The molecule has 0 saturated heterocycles. The normalized spacial score (nSPS) is 11.2. The number of nitrogens with one attached hydrogen (secondary N) is 1. The van der Waals surface area contributed by atoms with Crippen molar-refractivity contribution >= 4 is 11.5 Å². The molecule has 8 heteroatoms. The molecule has 0 bridgehead atoms. The third-order valence-corrected chi connectivity index (χ3v) is 2.70. The van der Waals surface area contributed by atoms with E-state index in [-0.39, 0.29) is 18.1 Å². The fraction of sp³-hybridized carbons (Fsp3) is 0.154. The Balaban J connectivity index is 2.16. The van der Waals surface area contributed by atoms with Crippen molar-refractivity contribution in [2.24, 2.45) is 0 Å². The molecule has 0 unspecified atom stereocenters. The van der Waals surface area contributed by atoms with E-state index < -0.39 is 16.7 Å². The van der Waals surface area contributed by atoms with Crippen LogP contribution in [-0.4, -0.2) is 9.91 Å². The first-order valence-corrected chi connectivity index (χ1v) is 5.87. The number of rotatable bonds is 4. The summed E-state index contributed by atoms with van der Waals surface area (Å²) in [5, 5.41) is 13.5. The fourth-order valence-electron chi connectivity index (χ4n) is 1.74. The van der Waals surface area contributed by atoms with Crippen LogP contribution in [0.1, 0.15) is 11.1 Å². The topological polar surface area (TPSA) is 68.1 Å². The fourth-order valence-corrected chi connectivity index (χ4v) is 1.74. The monoisotopic (exact) mass is 297 g/mol. The lowest BCUT2D eigenvalue weighted by Gasteiger charge is -2.10. The molecule has 0 fully saturated rings. The summed E-state index contributed by atoms with van der Waals surface area (Å²) in [6.07, 6.45) is -3.15. The molecular formula is C13H10F3N3O2. The van der Waals surface area contributed by atoms with Crippen LogP contribution in [-0.2, 0) is 12.7 Å². The number of hydrogen-bond acceptors (Lipinski definition) is 4. The number of anilines is 1. The molecule has 1 N–H and O–H groups in total. The first kappa shape index (κ1) is 14.8. The first-order valence-electron chi connectivity index (χ1n) is 5.87. The van der Waals surface area contributed by atoms with Crippen LogP contribution in [0.25, 0.3) is 0 Å². The Kier molecular flexibility index (Phi) is 4.06. The molecule has 0 aliphatic carbocycles. The molecule has 1 aromatic carbocycles. The summed E-state index contributed by atoms with van der Waals surface area (Å²) in [7, 11) is 0. The molecule has 1 aromatic heterocycles. The predicted octanol–water partition coefficient (Wildman–Crippen LogP) is 3.62. The number of halogens is 3. The summed E-state index contributed by atoms with van der Waals surface area (Å²) in [5.74, 6) is -0.371. The average molecular weight is 297 g/mol. The number of pyridine rings is 1. The van der Waals surface area contributed by atoms with Crippen molar-refractivity contribution in [2.75, 3.05) is 5.32 Å². The van der Waals surface area contributed by atoms with Gasteiger partial charge in [0.15, 0.2) is 0 Å². The Hall–Kier alpha value is -2.64. The second-order valence-corrected chi connectivity index (χ2v) is 4.18. The van der Waals surface area contributed by atoms with Gasteiger partial charge in [0.2, 0.25) is 0 Å². The Labute approximate surface area is 117 Å². The minimum atomic E-state index is -4.42. The van der Waals surface area contributed by atoms with Crippen LogP contribution < -0.4 is 5.32 Å². The highest BCUT2D eigenvalue weighted by Crippen LogP contribution is 2.30. The Morgan fingerprint density at radius 3 is 2.67 bits per heavy atom. The van der Waals surface area contributed by atoms with E-state index >= 15 is 0 Å². The minimum absolute atomic E-state index is 0.0243. The number of nitrogens with zero attached hydrogens (tertiary/aromatic N) is 2. The zero-order valence-corrected chi connectivity index (χ0v) is 10.6. The minimum Gasteiger partial charge on any atom is -0.374 e. The molecule has 0 amide bonds. The van der Waals surface area contributed by atoms with Gasteiger partial charge in [-0.3, -0.25) is 0 Å². The standard InChI is InChI=1S/C13H10F3N3O2/c14-13(15,16)10-4-1-3-9(7-10)8-18-11-5-2-6-17-12(11)19(20)21/h1-7,18H,8H2. The highest BCUT2D eigenvalue weighted by molar-refractivity contribution is 5.56. The van der Waals surface area contributed by atoms with Gasteiger partial charge in [-0.05, 0) is 39.7 Å². The Bertz CT molecular complexity index is 659. The van der Waals surface area contributed by atoms with Crippen LogP contribution in [0.15, 0.2) is 42.6 Å². The molecule has 1 heterocycles. The number of alkyl halides is 3. The zero-order valence-electron chi connectivity index (χ0n) is 10.6. The number of benzene rings is 1. The molecule has 2 aromatic rings. The quantitative estimate of drug-likeness (QED) is 0.691.